The van der Waals surface area contributed by atoms with Crippen LogP contribution in [0.3, 0.4) is 0 Å². The van der Waals surface area contributed by atoms with Gasteiger partial charge in [-0.2, -0.15) is 0 Å². The normalized spacial score (nSPS) is 47.6. The van der Waals surface area contributed by atoms with Gasteiger partial charge >= 0.3 is 0 Å². The Morgan fingerprint density at radius 2 is 2.12 bits per heavy atom. The second-order valence-electron chi connectivity index (χ2n) is 2.10. The molecule has 0 aromatic carbocycles. The van der Waals surface area contributed by atoms with Crippen molar-refractivity contribution in [3.63, 3.8) is 0 Å². The molecule has 47 valence electrons. The van der Waals surface area contributed by atoms with E-state index in [0.717, 1.165) is 0 Å². The van der Waals surface area contributed by atoms with E-state index in [1.54, 1.807) is 0 Å². The lowest BCUT2D eigenvalue weighted by atomic mass is 10.4. The highest BCUT2D eigenvalue weighted by Gasteiger charge is 2.27. The van der Waals surface area contributed by atoms with E-state index < -0.39 is 5.44 Å². The van der Waals surface area contributed by atoms with Crippen LogP contribution in [0.4, 0.5) is 0 Å². The van der Waals surface area contributed by atoms with Crippen LogP contribution in [0.25, 0.3) is 0 Å². The van der Waals surface area contributed by atoms with Gasteiger partial charge in [0.25, 0.3) is 0 Å². The maximum Gasteiger partial charge on any atom is 0.155 e. The minimum atomic E-state index is -0.454. The molecule has 2 nitrogen and oxygen atoms in total. The van der Waals surface area contributed by atoms with Crippen LogP contribution in [0.1, 0.15) is 13.8 Å². The summed E-state index contributed by atoms with van der Waals surface area (Å²) in [5.41, 5.74) is -0.454. The number of nitrogens with one attached hydrogen (secondary N) is 1. The molecule has 8 heavy (non-hydrogen) atoms. The van der Waals surface area contributed by atoms with E-state index in [-0.39, 0.29) is 6.04 Å². The SMILES string of the molecule is CC1NC(C)C([O])S1. The van der Waals surface area contributed by atoms with Crippen LogP contribution in [0.2, 0.25) is 0 Å². The Balaban J connectivity index is 2.39. The van der Waals surface area contributed by atoms with E-state index in [2.05, 4.69) is 5.32 Å². The fourth-order valence-electron chi connectivity index (χ4n) is 0.807. The van der Waals surface area contributed by atoms with Gasteiger partial charge in [0.2, 0.25) is 0 Å². The molecule has 1 N–H and O–H groups in total. The molecule has 3 atom stereocenters. The highest BCUT2D eigenvalue weighted by molar-refractivity contribution is 8.00. The first kappa shape index (κ1) is 6.39. The molecule has 0 aromatic heterocycles. The summed E-state index contributed by atoms with van der Waals surface area (Å²) in [5, 5.41) is 14.2. The largest absolute Gasteiger partial charge is 0.299 e. The molecule has 1 heterocycles. The molecule has 1 radical (unpaired) electrons. The Morgan fingerprint density at radius 1 is 1.50 bits per heavy atom. The zero-order valence-electron chi connectivity index (χ0n) is 5.05. The Bertz CT molecular complexity index is 78.5. The topological polar surface area (TPSA) is 31.9 Å². The first-order valence-electron chi connectivity index (χ1n) is 2.77. The zero-order valence-corrected chi connectivity index (χ0v) is 5.87. The molecule has 0 saturated carbocycles. The van der Waals surface area contributed by atoms with Crippen LogP contribution in [-0.4, -0.2) is 16.9 Å². The van der Waals surface area contributed by atoms with E-state index in [9.17, 15) is 5.11 Å². The van der Waals surface area contributed by atoms with Crippen LogP contribution in [0.5, 0.6) is 0 Å². The third kappa shape index (κ3) is 1.16. The molecule has 1 rings (SSSR count). The maximum absolute atomic E-state index is 10.8. The van der Waals surface area contributed by atoms with E-state index in [1.165, 1.54) is 11.8 Å². The Morgan fingerprint density at radius 3 is 2.25 bits per heavy atom. The van der Waals surface area contributed by atoms with Crippen molar-refractivity contribution in [1.29, 1.82) is 0 Å². The van der Waals surface area contributed by atoms with Crippen molar-refractivity contribution in [3.8, 4) is 0 Å². The summed E-state index contributed by atoms with van der Waals surface area (Å²) in [4.78, 5) is 0. The highest BCUT2D eigenvalue weighted by atomic mass is 32.2. The summed E-state index contributed by atoms with van der Waals surface area (Å²) < 4.78 is 0. The van der Waals surface area contributed by atoms with Gasteiger partial charge in [-0.05, 0) is 13.8 Å². The minimum Gasteiger partial charge on any atom is -0.299 e. The van der Waals surface area contributed by atoms with Gasteiger partial charge < -0.3 is 0 Å². The van der Waals surface area contributed by atoms with Crippen molar-refractivity contribution in [2.24, 2.45) is 0 Å². The molecular formula is C5H10NOS. The Labute approximate surface area is 53.7 Å². The van der Waals surface area contributed by atoms with E-state index in [1.807, 2.05) is 13.8 Å². The Kier molecular flexibility index (Phi) is 1.80. The molecule has 1 aliphatic heterocycles. The number of hydrogen-bond donors (Lipinski definition) is 1. The summed E-state index contributed by atoms with van der Waals surface area (Å²) >= 11 is 1.46. The van der Waals surface area contributed by atoms with Crippen molar-refractivity contribution in [3.05, 3.63) is 0 Å². The Hall–Kier alpha value is 0.270. The fourth-order valence-corrected chi connectivity index (χ4v) is 1.82. The standard InChI is InChI=1S/C5H10NOS/c1-3-5(7)8-4(2)6-3/h3-6H,1-2H3. The van der Waals surface area contributed by atoms with Gasteiger partial charge in [-0.1, -0.05) is 0 Å². The minimum absolute atomic E-state index is 0.148. The molecular weight excluding hydrogens is 122 g/mol. The molecule has 0 aliphatic carbocycles. The lowest BCUT2D eigenvalue weighted by Gasteiger charge is -2.01. The van der Waals surface area contributed by atoms with Crippen molar-refractivity contribution in [2.45, 2.75) is 30.7 Å². The lowest BCUT2D eigenvalue weighted by molar-refractivity contribution is 0.143. The molecule has 0 amide bonds. The summed E-state index contributed by atoms with van der Waals surface area (Å²) in [5.74, 6) is 0. The van der Waals surface area contributed by atoms with Gasteiger partial charge in [0.05, 0.1) is 5.37 Å². The quantitative estimate of drug-likeness (QED) is 0.529. The monoisotopic (exact) mass is 132 g/mol. The summed E-state index contributed by atoms with van der Waals surface area (Å²) in [7, 11) is 0. The first-order chi connectivity index (χ1) is 3.70. The number of thioether (sulfide) groups is 1. The molecule has 1 fully saturated rings. The van der Waals surface area contributed by atoms with Gasteiger partial charge in [0.15, 0.2) is 5.44 Å². The predicted molar refractivity (Wildman–Crippen MR) is 34.1 cm³/mol. The predicted octanol–water partition coefficient (Wildman–Crippen LogP) is 0.814. The van der Waals surface area contributed by atoms with E-state index in [4.69, 9.17) is 0 Å². The molecule has 0 spiro atoms. The van der Waals surface area contributed by atoms with Crippen LogP contribution in [0, 0.1) is 0 Å². The third-order valence-electron chi connectivity index (χ3n) is 1.24. The highest BCUT2D eigenvalue weighted by Crippen LogP contribution is 2.24. The smallest absolute Gasteiger partial charge is 0.155 e. The fraction of sp³-hybridized carbons (Fsp3) is 1.00. The third-order valence-corrected chi connectivity index (χ3v) is 2.46. The van der Waals surface area contributed by atoms with Gasteiger partial charge in [0, 0.05) is 6.04 Å². The molecule has 3 heteroatoms. The molecule has 0 bridgehead atoms. The van der Waals surface area contributed by atoms with Gasteiger partial charge in [-0.15, -0.1) is 11.8 Å². The van der Waals surface area contributed by atoms with E-state index in [0.29, 0.717) is 5.37 Å². The summed E-state index contributed by atoms with van der Waals surface area (Å²) in [6.07, 6.45) is 0. The van der Waals surface area contributed by atoms with Crippen LogP contribution < -0.4 is 5.32 Å². The second kappa shape index (κ2) is 2.25. The summed E-state index contributed by atoms with van der Waals surface area (Å²) in [6, 6.07) is 0.148. The molecule has 3 unspecified atom stereocenters. The molecule has 1 saturated heterocycles. The number of rotatable bonds is 0. The van der Waals surface area contributed by atoms with Crippen LogP contribution in [0.15, 0.2) is 0 Å². The van der Waals surface area contributed by atoms with Crippen molar-refractivity contribution in [1.82, 2.24) is 5.32 Å². The lowest BCUT2D eigenvalue weighted by Crippen LogP contribution is -2.28. The summed E-state index contributed by atoms with van der Waals surface area (Å²) in [6.45, 7) is 3.94. The molecule has 0 aromatic rings. The van der Waals surface area contributed by atoms with Crippen molar-refractivity contribution >= 4 is 11.8 Å². The van der Waals surface area contributed by atoms with Gasteiger partial charge in [0.1, 0.15) is 0 Å². The second-order valence-corrected chi connectivity index (χ2v) is 3.55. The van der Waals surface area contributed by atoms with Gasteiger partial charge in [-0.25, -0.2) is 5.11 Å². The van der Waals surface area contributed by atoms with Crippen molar-refractivity contribution < 1.29 is 5.11 Å². The average Bonchev–Trinajstić information content (AvgIpc) is 1.85. The van der Waals surface area contributed by atoms with Crippen LogP contribution in [-0.2, 0) is 5.11 Å². The van der Waals surface area contributed by atoms with Crippen LogP contribution >= 0.6 is 11.8 Å². The van der Waals surface area contributed by atoms with Gasteiger partial charge in [-0.3, -0.25) is 5.32 Å². The zero-order chi connectivity index (χ0) is 6.15. The number of hydrogen-bond acceptors (Lipinski definition) is 2. The van der Waals surface area contributed by atoms with E-state index >= 15 is 0 Å². The molecule has 1 aliphatic rings. The van der Waals surface area contributed by atoms with Crippen molar-refractivity contribution in [2.75, 3.05) is 0 Å². The maximum atomic E-state index is 10.8. The average molecular weight is 132 g/mol. The first-order valence-corrected chi connectivity index (χ1v) is 3.72.